The summed E-state index contributed by atoms with van der Waals surface area (Å²) >= 11 is 1.59. The minimum absolute atomic E-state index is 0.0894. The van der Waals surface area contributed by atoms with Crippen molar-refractivity contribution in [3.63, 3.8) is 0 Å². The van der Waals surface area contributed by atoms with E-state index in [2.05, 4.69) is 10.3 Å². The molecular formula is C16H15N3O3S. The first-order valence-corrected chi connectivity index (χ1v) is 8.22. The van der Waals surface area contributed by atoms with Gasteiger partial charge in [-0.2, -0.15) is 0 Å². The Balaban J connectivity index is 1.73. The lowest BCUT2D eigenvalue weighted by Crippen LogP contribution is -2.43. The number of fused-ring (bicyclic) bond motifs is 1. The van der Waals surface area contributed by atoms with E-state index in [1.54, 1.807) is 30.1 Å². The second kappa shape index (κ2) is 6.70. The predicted octanol–water partition coefficient (Wildman–Crippen LogP) is 2.17. The molecule has 0 fully saturated rings. The number of pyridine rings is 1. The summed E-state index contributed by atoms with van der Waals surface area (Å²) in [5.74, 6) is 0.306. The van der Waals surface area contributed by atoms with Crippen LogP contribution in [0.2, 0.25) is 0 Å². The lowest BCUT2D eigenvalue weighted by Gasteiger charge is -2.27. The standard InChI is InChI=1S/C16H15N3O3S/c1-23-12-5-2-4-11(8-12)18-14(20)9-19-15(21)10-22-13-6-3-7-17-16(13)19/h2-8H,9-10H2,1H3,(H,18,20). The van der Waals surface area contributed by atoms with Crippen LogP contribution in [-0.2, 0) is 9.59 Å². The van der Waals surface area contributed by atoms with E-state index in [1.165, 1.54) is 4.90 Å². The van der Waals surface area contributed by atoms with Gasteiger partial charge in [-0.3, -0.25) is 14.5 Å². The zero-order chi connectivity index (χ0) is 16.2. The number of benzene rings is 1. The summed E-state index contributed by atoms with van der Waals surface area (Å²) in [5, 5.41) is 2.80. The Morgan fingerprint density at radius 2 is 2.26 bits per heavy atom. The lowest BCUT2D eigenvalue weighted by atomic mass is 10.3. The highest BCUT2D eigenvalue weighted by atomic mass is 32.2. The summed E-state index contributed by atoms with van der Waals surface area (Å²) in [6.07, 6.45) is 3.53. The van der Waals surface area contributed by atoms with Crippen molar-refractivity contribution < 1.29 is 14.3 Å². The van der Waals surface area contributed by atoms with Crippen LogP contribution in [0.5, 0.6) is 5.75 Å². The molecule has 2 aromatic rings. The maximum absolute atomic E-state index is 12.3. The van der Waals surface area contributed by atoms with E-state index in [9.17, 15) is 9.59 Å². The van der Waals surface area contributed by atoms with Crippen molar-refractivity contribution in [3.05, 3.63) is 42.6 Å². The van der Waals surface area contributed by atoms with E-state index in [-0.39, 0.29) is 25.0 Å². The van der Waals surface area contributed by atoms with Crippen LogP contribution in [0.4, 0.5) is 11.5 Å². The number of thioether (sulfide) groups is 1. The van der Waals surface area contributed by atoms with Crippen molar-refractivity contribution in [1.29, 1.82) is 0 Å². The number of nitrogens with one attached hydrogen (secondary N) is 1. The fourth-order valence-electron chi connectivity index (χ4n) is 2.24. The topological polar surface area (TPSA) is 71.5 Å². The number of amides is 2. The SMILES string of the molecule is CSc1cccc(NC(=O)CN2C(=O)COc3cccnc32)c1. The van der Waals surface area contributed by atoms with E-state index in [1.807, 2.05) is 30.5 Å². The first kappa shape index (κ1) is 15.4. The number of carbonyl (C=O) groups is 2. The number of hydrogen-bond donors (Lipinski definition) is 1. The smallest absolute Gasteiger partial charge is 0.266 e. The minimum Gasteiger partial charge on any atom is -0.480 e. The molecule has 1 aromatic carbocycles. The number of anilines is 2. The maximum Gasteiger partial charge on any atom is 0.266 e. The van der Waals surface area contributed by atoms with Crippen molar-refractivity contribution in [2.75, 3.05) is 29.6 Å². The molecule has 2 amide bonds. The highest BCUT2D eigenvalue weighted by Crippen LogP contribution is 2.28. The molecule has 118 valence electrons. The van der Waals surface area contributed by atoms with Gasteiger partial charge in [-0.05, 0) is 36.6 Å². The highest BCUT2D eigenvalue weighted by Gasteiger charge is 2.28. The first-order valence-electron chi connectivity index (χ1n) is 6.99. The molecule has 6 nitrogen and oxygen atoms in total. The second-order valence-electron chi connectivity index (χ2n) is 4.87. The minimum atomic E-state index is -0.288. The highest BCUT2D eigenvalue weighted by molar-refractivity contribution is 7.98. The normalized spacial score (nSPS) is 13.3. The second-order valence-corrected chi connectivity index (χ2v) is 5.75. The Labute approximate surface area is 137 Å². The van der Waals surface area contributed by atoms with Crippen LogP contribution in [0.15, 0.2) is 47.5 Å². The fraction of sp³-hybridized carbons (Fsp3) is 0.188. The number of rotatable bonds is 4. The summed E-state index contributed by atoms with van der Waals surface area (Å²) in [7, 11) is 0. The van der Waals surface area contributed by atoms with Crippen LogP contribution in [0.25, 0.3) is 0 Å². The lowest BCUT2D eigenvalue weighted by molar-refractivity contribution is -0.123. The van der Waals surface area contributed by atoms with Crippen LogP contribution in [-0.4, -0.2) is 36.2 Å². The fourth-order valence-corrected chi connectivity index (χ4v) is 2.70. The largest absolute Gasteiger partial charge is 0.480 e. The molecule has 23 heavy (non-hydrogen) atoms. The number of nitrogens with zero attached hydrogens (tertiary/aromatic N) is 2. The van der Waals surface area contributed by atoms with Crippen molar-refractivity contribution in [2.24, 2.45) is 0 Å². The van der Waals surface area contributed by atoms with Gasteiger partial charge in [0, 0.05) is 16.8 Å². The van der Waals surface area contributed by atoms with Gasteiger partial charge in [0.2, 0.25) is 5.91 Å². The Morgan fingerprint density at radius 3 is 3.09 bits per heavy atom. The van der Waals surface area contributed by atoms with Gasteiger partial charge in [-0.15, -0.1) is 11.8 Å². The van der Waals surface area contributed by atoms with Crippen LogP contribution in [0.3, 0.4) is 0 Å². The number of ether oxygens (including phenoxy) is 1. The first-order chi connectivity index (χ1) is 11.2. The van der Waals surface area contributed by atoms with Crippen LogP contribution < -0.4 is 15.0 Å². The molecule has 0 saturated carbocycles. The van der Waals surface area contributed by atoms with Gasteiger partial charge in [0.1, 0.15) is 6.54 Å². The third-order valence-electron chi connectivity index (χ3n) is 3.31. The summed E-state index contributed by atoms with van der Waals surface area (Å²) < 4.78 is 5.31. The molecule has 0 aliphatic carbocycles. The van der Waals surface area contributed by atoms with Crippen molar-refractivity contribution in [1.82, 2.24) is 4.98 Å². The molecule has 1 aromatic heterocycles. The number of hydrogen-bond acceptors (Lipinski definition) is 5. The maximum atomic E-state index is 12.3. The number of carbonyl (C=O) groups excluding carboxylic acids is 2. The van der Waals surface area contributed by atoms with E-state index in [0.29, 0.717) is 17.3 Å². The van der Waals surface area contributed by atoms with Gasteiger partial charge in [0.05, 0.1) is 0 Å². The molecule has 3 rings (SSSR count). The molecule has 0 unspecified atom stereocenters. The quantitative estimate of drug-likeness (QED) is 0.871. The third kappa shape index (κ3) is 3.45. The molecule has 0 radical (unpaired) electrons. The molecule has 1 aliphatic heterocycles. The van der Waals surface area contributed by atoms with Gasteiger partial charge in [-0.1, -0.05) is 6.07 Å². The van der Waals surface area contributed by atoms with E-state index in [0.717, 1.165) is 4.90 Å². The molecule has 1 aliphatic rings. The molecule has 7 heteroatoms. The summed E-state index contributed by atoms with van der Waals surface area (Å²) in [6, 6.07) is 11.0. The third-order valence-corrected chi connectivity index (χ3v) is 4.04. The number of aromatic nitrogens is 1. The summed E-state index contributed by atoms with van der Waals surface area (Å²) in [6.45, 7) is -0.191. The Hall–Kier alpha value is -2.54. The Kier molecular flexibility index (Phi) is 4.47. The van der Waals surface area contributed by atoms with E-state index in [4.69, 9.17) is 4.74 Å². The zero-order valence-electron chi connectivity index (χ0n) is 12.5. The summed E-state index contributed by atoms with van der Waals surface area (Å²) in [4.78, 5) is 30.8. The van der Waals surface area contributed by atoms with Crippen molar-refractivity contribution >= 4 is 35.1 Å². The van der Waals surface area contributed by atoms with Crippen LogP contribution >= 0.6 is 11.8 Å². The molecule has 0 spiro atoms. The predicted molar refractivity (Wildman–Crippen MR) is 88.9 cm³/mol. The molecule has 2 heterocycles. The Bertz CT molecular complexity index is 751. The van der Waals surface area contributed by atoms with Crippen molar-refractivity contribution in [2.45, 2.75) is 4.90 Å². The molecule has 0 atom stereocenters. The Morgan fingerprint density at radius 1 is 1.39 bits per heavy atom. The van der Waals surface area contributed by atoms with Crippen LogP contribution in [0, 0.1) is 0 Å². The monoisotopic (exact) mass is 329 g/mol. The summed E-state index contributed by atoms with van der Waals surface area (Å²) in [5.41, 5.74) is 0.698. The van der Waals surface area contributed by atoms with Gasteiger partial charge in [0.15, 0.2) is 18.2 Å². The van der Waals surface area contributed by atoms with Gasteiger partial charge < -0.3 is 10.1 Å². The average molecular weight is 329 g/mol. The molecule has 1 N–H and O–H groups in total. The zero-order valence-corrected chi connectivity index (χ0v) is 13.3. The van der Waals surface area contributed by atoms with Gasteiger partial charge >= 0.3 is 0 Å². The van der Waals surface area contributed by atoms with Gasteiger partial charge in [-0.25, -0.2) is 4.98 Å². The average Bonchev–Trinajstić information content (AvgIpc) is 2.57. The van der Waals surface area contributed by atoms with E-state index >= 15 is 0 Å². The van der Waals surface area contributed by atoms with Crippen molar-refractivity contribution in [3.8, 4) is 5.75 Å². The van der Waals surface area contributed by atoms with Gasteiger partial charge in [0.25, 0.3) is 5.91 Å². The molecule has 0 saturated heterocycles. The van der Waals surface area contributed by atoms with Crippen LogP contribution in [0.1, 0.15) is 0 Å². The molecular weight excluding hydrogens is 314 g/mol. The molecule has 0 bridgehead atoms. The van der Waals surface area contributed by atoms with E-state index < -0.39 is 0 Å².